The highest BCUT2D eigenvalue weighted by atomic mass is 16.7. The minimum Gasteiger partial charge on any atom is -0.362 e. The normalized spacial score (nSPS) is 33.9. The van der Waals surface area contributed by atoms with Gasteiger partial charge in [0.15, 0.2) is 11.9 Å². The maximum absolute atomic E-state index is 6.00. The summed E-state index contributed by atoms with van der Waals surface area (Å²) in [5, 5.41) is 0. The standard InChI is InChI=1S/C12H14N4O2/c1-3-7-9-10(18-9)12(17-7)16-5-15-8-6(2)13-4-14-11(8)16/h4-5,7,9-10,12H,3H2,1-2H3/t7-,9+,10+,12-/m1/s1. The fourth-order valence-electron chi connectivity index (χ4n) is 2.71. The van der Waals surface area contributed by atoms with Gasteiger partial charge in [0.1, 0.15) is 24.1 Å². The molecule has 2 aliphatic heterocycles. The third kappa shape index (κ3) is 1.27. The van der Waals surface area contributed by atoms with Crippen molar-refractivity contribution in [1.82, 2.24) is 19.5 Å². The van der Waals surface area contributed by atoms with Crippen LogP contribution in [0.25, 0.3) is 11.2 Å². The molecule has 0 N–H and O–H groups in total. The van der Waals surface area contributed by atoms with Crippen LogP contribution in [0.15, 0.2) is 12.7 Å². The van der Waals surface area contributed by atoms with Crippen molar-refractivity contribution < 1.29 is 9.47 Å². The van der Waals surface area contributed by atoms with Crippen LogP contribution in [0.5, 0.6) is 0 Å². The zero-order chi connectivity index (χ0) is 12.3. The smallest absolute Gasteiger partial charge is 0.166 e. The number of fused-ring (bicyclic) bond motifs is 2. The molecule has 0 saturated carbocycles. The van der Waals surface area contributed by atoms with E-state index in [0.29, 0.717) is 0 Å². The van der Waals surface area contributed by atoms with E-state index < -0.39 is 0 Å². The Labute approximate surface area is 104 Å². The van der Waals surface area contributed by atoms with Gasteiger partial charge in [-0.3, -0.25) is 4.57 Å². The first-order valence-corrected chi connectivity index (χ1v) is 6.24. The lowest BCUT2D eigenvalue weighted by atomic mass is 10.2. The molecule has 94 valence electrons. The average Bonchev–Trinajstić information content (AvgIpc) is 2.91. The van der Waals surface area contributed by atoms with Crippen LogP contribution in [-0.4, -0.2) is 37.8 Å². The van der Waals surface area contributed by atoms with Crippen LogP contribution in [0.1, 0.15) is 25.3 Å². The Balaban J connectivity index is 1.78. The Kier molecular flexibility index (Phi) is 2.02. The van der Waals surface area contributed by atoms with Crippen LogP contribution in [-0.2, 0) is 9.47 Å². The number of imidazole rings is 1. The number of rotatable bonds is 2. The highest BCUT2D eigenvalue weighted by Gasteiger charge is 2.58. The van der Waals surface area contributed by atoms with E-state index in [1.54, 1.807) is 12.7 Å². The van der Waals surface area contributed by atoms with Crippen molar-refractivity contribution in [2.24, 2.45) is 0 Å². The molecule has 6 nitrogen and oxygen atoms in total. The zero-order valence-corrected chi connectivity index (χ0v) is 10.3. The summed E-state index contributed by atoms with van der Waals surface area (Å²) in [6, 6.07) is 0. The van der Waals surface area contributed by atoms with Gasteiger partial charge in [-0.15, -0.1) is 0 Å². The lowest BCUT2D eigenvalue weighted by molar-refractivity contribution is -0.0657. The molecule has 2 aromatic heterocycles. The molecule has 4 rings (SSSR count). The zero-order valence-electron chi connectivity index (χ0n) is 10.3. The topological polar surface area (TPSA) is 65.4 Å². The number of aryl methyl sites for hydroxylation is 1. The predicted molar refractivity (Wildman–Crippen MR) is 62.9 cm³/mol. The third-order valence-corrected chi connectivity index (χ3v) is 3.74. The fourth-order valence-corrected chi connectivity index (χ4v) is 2.71. The van der Waals surface area contributed by atoms with Crippen molar-refractivity contribution in [3.63, 3.8) is 0 Å². The van der Waals surface area contributed by atoms with E-state index in [0.717, 1.165) is 23.3 Å². The molecule has 18 heavy (non-hydrogen) atoms. The van der Waals surface area contributed by atoms with E-state index in [9.17, 15) is 0 Å². The van der Waals surface area contributed by atoms with Crippen LogP contribution in [0.2, 0.25) is 0 Å². The van der Waals surface area contributed by atoms with E-state index in [1.807, 2.05) is 11.5 Å². The number of hydrogen-bond acceptors (Lipinski definition) is 5. The van der Waals surface area contributed by atoms with E-state index in [-0.39, 0.29) is 24.5 Å². The van der Waals surface area contributed by atoms with Crippen molar-refractivity contribution >= 4 is 11.2 Å². The predicted octanol–water partition coefficient (Wildman–Crippen LogP) is 1.21. The first kappa shape index (κ1) is 10.4. The Bertz CT molecular complexity index is 611. The van der Waals surface area contributed by atoms with Crippen LogP contribution in [0.3, 0.4) is 0 Å². The highest BCUT2D eigenvalue weighted by molar-refractivity contribution is 5.72. The molecule has 0 spiro atoms. The number of hydrogen-bond donors (Lipinski definition) is 0. The van der Waals surface area contributed by atoms with Crippen LogP contribution in [0.4, 0.5) is 0 Å². The van der Waals surface area contributed by atoms with Gasteiger partial charge >= 0.3 is 0 Å². The number of aromatic nitrogens is 4. The molecule has 0 unspecified atom stereocenters. The molecule has 0 aliphatic carbocycles. The molecular weight excluding hydrogens is 232 g/mol. The molecule has 0 bridgehead atoms. The first-order chi connectivity index (χ1) is 8.79. The third-order valence-electron chi connectivity index (χ3n) is 3.74. The lowest BCUT2D eigenvalue weighted by Gasteiger charge is -2.17. The van der Waals surface area contributed by atoms with Gasteiger partial charge < -0.3 is 9.47 Å². The Morgan fingerprint density at radius 1 is 1.22 bits per heavy atom. The molecule has 6 heteroatoms. The summed E-state index contributed by atoms with van der Waals surface area (Å²) in [5.41, 5.74) is 2.54. The van der Waals surface area contributed by atoms with E-state index in [1.165, 1.54) is 0 Å². The van der Waals surface area contributed by atoms with Gasteiger partial charge in [-0.05, 0) is 13.3 Å². The SMILES string of the molecule is CC[C@H]1O[C@@H](n2cnc3c(C)ncnc32)[C@H]2O[C@H]21. The van der Waals surface area contributed by atoms with Gasteiger partial charge in [0.25, 0.3) is 0 Å². The van der Waals surface area contributed by atoms with Crippen LogP contribution >= 0.6 is 0 Å². The number of ether oxygens (including phenoxy) is 2. The average molecular weight is 246 g/mol. The second-order valence-corrected chi connectivity index (χ2v) is 4.82. The summed E-state index contributed by atoms with van der Waals surface area (Å²) in [6.45, 7) is 4.05. The minimum absolute atomic E-state index is 0.0979. The quantitative estimate of drug-likeness (QED) is 0.745. The largest absolute Gasteiger partial charge is 0.362 e. The Morgan fingerprint density at radius 3 is 2.89 bits per heavy atom. The van der Waals surface area contributed by atoms with Gasteiger partial charge in [-0.2, -0.15) is 0 Å². The Morgan fingerprint density at radius 2 is 2.11 bits per heavy atom. The summed E-state index contributed by atoms with van der Waals surface area (Å²) < 4.78 is 13.6. The van der Waals surface area contributed by atoms with Crippen molar-refractivity contribution in [2.45, 2.75) is 44.8 Å². The molecule has 2 aromatic rings. The van der Waals surface area contributed by atoms with Crippen molar-refractivity contribution in [3.05, 3.63) is 18.3 Å². The number of epoxide rings is 1. The lowest BCUT2D eigenvalue weighted by Crippen LogP contribution is -2.18. The van der Waals surface area contributed by atoms with Gasteiger partial charge in [-0.1, -0.05) is 6.92 Å². The highest BCUT2D eigenvalue weighted by Crippen LogP contribution is 2.46. The monoisotopic (exact) mass is 246 g/mol. The molecule has 4 heterocycles. The maximum Gasteiger partial charge on any atom is 0.166 e. The molecule has 4 atom stereocenters. The molecule has 0 amide bonds. The molecule has 0 aromatic carbocycles. The van der Waals surface area contributed by atoms with Crippen LogP contribution in [0, 0.1) is 6.92 Å². The Hall–Kier alpha value is -1.53. The summed E-state index contributed by atoms with van der Waals surface area (Å²) in [4.78, 5) is 12.8. The van der Waals surface area contributed by atoms with Gasteiger partial charge in [-0.25, -0.2) is 15.0 Å². The van der Waals surface area contributed by atoms with Crippen LogP contribution < -0.4 is 0 Å². The second kappa shape index (κ2) is 3.49. The molecule has 2 fully saturated rings. The van der Waals surface area contributed by atoms with Gasteiger partial charge in [0.05, 0.1) is 18.1 Å². The van der Waals surface area contributed by atoms with E-state index in [4.69, 9.17) is 9.47 Å². The van der Waals surface area contributed by atoms with Crippen molar-refractivity contribution in [1.29, 1.82) is 0 Å². The molecule has 2 aliphatic rings. The van der Waals surface area contributed by atoms with E-state index >= 15 is 0 Å². The molecular formula is C12H14N4O2. The van der Waals surface area contributed by atoms with Crippen molar-refractivity contribution in [3.8, 4) is 0 Å². The summed E-state index contributed by atoms with van der Waals surface area (Å²) in [7, 11) is 0. The summed E-state index contributed by atoms with van der Waals surface area (Å²) in [5.74, 6) is 0. The second-order valence-electron chi connectivity index (χ2n) is 4.82. The fraction of sp³-hybridized carbons (Fsp3) is 0.583. The summed E-state index contributed by atoms with van der Waals surface area (Å²) in [6.07, 6.45) is 4.81. The molecule has 2 saturated heterocycles. The maximum atomic E-state index is 6.00. The van der Waals surface area contributed by atoms with Gasteiger partial charge in [0, 0.05) is 0 Å². The van der Waals surface area contributed by atoms with Gasteiger partial charge in [0.2, 0.25) is 0 Å². The molecule has 0 radical (unpaired) electrons. The van der Waals surface area contributed by atoms with E-state index in [2.05, 4.69) is 21.9 Å². The number of nitrogens with zero attached hydrogens (tertiary/aromatic N) is 4. The minimum atomic E-state index is -0.0979. The first-order valence-electron chi connectivity index (χ1n) is 6.24. The van der Waals surface area contributed by atoms with Crippen molar-refractivity contribution in [2.75, 3.05) is 0 Å². The summed E-state index contributed by atoms with van der Waals surface area (Å²) >= 11 is 0.